The number of hydrogen-bond donors (Lipinski definition) is 0. The van der Waals surface area contributed by atoms with E-state index in [1.807, 2.05) is 0 Å². The van der Waals surface area contributed by atoms with Crippen LogP contribution in [0.4, 0.5) is 0 Å². The summed E-state index contributed by atoms with van der Waals surface area (Å²) in [5, 5.41) is 0. The lowest BCUT2D eigenvalue weighted by atomic mass is 10.1. The van der Waals surface area contributed by atoms with Crippen molar-refractivity contribution in [2.24, 2.45) is 0 Å². The van der Waals surface area contributed by atoms with E-state index in [0.717, 1.165) is 10.2 Å². The second-order valence-corrected chi connectivity index (χ2v) is 7.08. The molecule has 0 spiro atoms. The van der Waals surface area contributed by atoms with Crippen LogP contribution in [-0.2, 0) is 0 Å². The van der Waals surface area contributed by atoms with Crippen molar-refractivity contribution in [3.05, 3.63) is 0 Å². The number of hydrogen-bond acceptors (Lipinski definition) is 0. The highest BCUT2D eigenvalue weighted by atomic mass is 35.5. The summed E-state index contributed by atoms with van der Waals surface area (Å²) < 4.78 is 0.214. The van der Waals surface area contributed by atoms with Crippen LogP contribution in [-0.4, -0.2) is 14.7 Å². The lowest BCUT2D eigenvalue weighted by Crippen LogP contribution is -2.21. The van der Waals surface area contributed by atoms with Crippen molar-refractivity contribution >= 4 is 21.8 Å². The SMILES string of the molecule is CCCCC([SiH3])(Cl)CCCC. The van der Waals surface area contributed by atoms with Crippen LogP contribution in [0, 0.1) is 0 Å². The van der Waals surface area contributed by atoms with Gasteiger partial charge >= 0.3 is 0 Å². The molecule has 2 heteroatoms. The average molecular weight is 193 g/mol. The van der Waals surface area contributed by atoms with Crippen LogP contribution in [0.2, 0.25) is 0 Å². The molecule has 0 radical (unpaired) electrons. The Morgan fingerprint density at radius 2 is 1.45 bits per heavy atom. The second-order valence-electron chi connectivity index (χ2n) is 3.62. The summed E-state index contributed by atoms with van der Waals surface area (Å²) in [7, 11) is 1.14. The first-order valence-corrected chi connectivity index (χ1v) is 6.19. The number of unbranched alkanes of at least 4 members (excludes halogenated alkanes) is 2. The highest BCUT2D eigenvalue weighted by Crippen LogP contribution is 2.24. The fraction of sp³-hybridized carbons (Fsp3) is 1.00. The van der Waals surface area contributed by atoms with E-state index in [9.17, 15) is 0 Å². The Hall–Kier alpha value is 0.507. The van der Waals surface area contributed by atoms with E-state index >= 15 is 0 Å². The van der Waals surface area contributed by atoms with Gasteiger partial charge in [0.25, 0.3) is 0 Å². The smallest absolute Gasteiger partial charge is 0.0294 e. The molecular weight excluding hydrogens is 172 g/mol. The summed E-state index contributed by atoms with van der Waals surface area (Å²) in [6, 6.07) is 0. The molecule has 0 atom stereocenters. The predicted octanol–water partition coefficient (Wildman–Crippen LogP) is 2.67. The van der Waals surface area contributed by atoms with E-state index in [1.54, 1.807) is 0 Å². The van der Waals surface area contributed by atoms with Crippen molar-refractivity contribution in [2.45, 2.75) is 56.9 Å². The minimum absolute atomic E-state index is 0.214. The van der Waals surface area contributed by atoms with Crippen molar-refractivity contribution in [1.82, 2.24) is 0 Å². The molecule has 0 amide bonds. The molecule has 11 heavy (non-hydrogen) atoms. The molecule has 0 aliphatic carbocycles. The molecule has 0 saturated carbocycles. The lowest BCUT2D eigenvalue weighted by molar-refractivity contribution is 0.569. The number of rotatable bonds is 6. The molecule has 0 aliphatic heterocycles. The van der Waals surface area contributed by atoms with Crippen LogP contribution < -0.4 is 0 Å². The molecule has 0 heterocycles. The van der Waals surface area contributed by atoms with Crippen LogP contribution in [0.15, 0.2) is 0 Å². The van der Waals surface area contributed by atoms with Gasteiger partial charge in [0.1, 0.15) is 0 Å². The molecular formula is C9H21ClSi. The van der Waals surface area contributed by atoms with Gasteiger partial charge in [-0.05, 0) is 12.8 Å². The molecule has 0 bridgehead atoms. The highest BCUT2D eigenvalue weighted by Gasteiger charge is 2.18. The maximum Gasteiger partial charge on any atom is 0.0294 e. The van der Waals surface area contributed by atoms with Gasteiger partial charge in [-0.3, -0.25) is 0 Å². The van der Waals surface area contributed by atoms with Gasteiger partial charge in [-0.15, -0.1) is 11.6 Å². The Balaban J connectivity index is 3.43. The monoisotopic (exact) mass is 192 g/mol. The third-order valence-electron chi connectivity index (χ3n) is 2.10. The number of alkyl halides is 1. The Labute approximate surface area is 79.1 Å². The molecule has 0 aliphatic rings. The maximum absolute atomic E-state index is 6.36. The molecule has 0 rings (SSSR count). The van der Waals surface area contributed by atoms with Gasteiger partial charge in [-0.2, -0.15) is 0 Å². The molecule has 0 saturated heterocycles. The zero-order chi connectivity index (χ0) is 8.74. The zero-order valence-electron chi connectivity index (χ0n) is 8.12. The molecule has 0 aromatic carbocycles. The van der Waals surface area contributed by atoms with Gasteiger partial charge in [0.15, 0.2) is 0 Å². The minimum atomic E-state index is 0.214. The van der Waals surface area contributed by atoms with Gasteiger partial charge in [-0.25, -0.2) is 0 Å². The normalized spacial score (nSPS) is 12.3. The minimum Gasteiger partial charge on any atom is -0.124 e. The largest absolute Gasteiger partial charge is 0.124 e. The van der Waals surface area contributed by atoms with Crippen LogP contribution >= 0.6 is 11.6 Å². The lowest BCUT2D eigenvalue weighted by Gasteiger charge is -2.21. The summed E-state index contributed by atoms with van der Waals surface area (Å²) in [6.45, 7) is 4.46. The van der Waals surface area contributed by atoms with Gasteiger partial charge < -0.3 is 0 Å². The third-order valence-corrected chi connectivity index (χ3v) is 3.48. The highest BCUT2D eigenvalue weighted by molar-refractivity contribution is 6.44. The fourth-order valence-electron chi connectivity index (χ4n) is 1.22. The van der Waals surface area contributed by atoms with E-state index < -0.39 is 0 Å². The summed E-state index contributed by atoms with van der Waals surface area (Å²) in [5.41, 5.74) is 0. The predicted molar refractivity (Wildman–Crippen MR) is 57.6 cm³/mol. The summed E-state index contributed by atoms with van der Waals surface area (Å²) in [4.78, 5) is 0. The first-order chi connectivity index (χ1) is 5.12. The van der Waals surface area contributed by atoms with E-state index in [0.29, 0.717) is 0 Å². The summed E-state index contributed by atoms with van der Waals surface area (Å²) in [6.07, 6.45) is 7.63. The van der Waals surface area contributed by atoms with Crippen molar-refractivity contribution in [3.63, 3.8) is 0 Å². The molecule has 0 fully saturated rings. The molecule has 0 aromatic rings. The quantitative estimate of drug-likeness (QED) is 0.449. The first kappa shape index (κ1) is 11.5. The Morgan fingerprint density at radius 3 is 1.73 bits per heavy atom. The molecule has 68 valence electrons. The Bertz CT molecular complexity index is 81.6. The van der Waals surface area contributed by atoms with E-state index in [4.69, 9.17) is 11.6 Å². The van der Waals surface area contributed by atoms with Crippen molar-refractivity contribution in [3.8, 4) is 0 Å². The Kier molecular flexibility index (Phi) is 6.35. The summed E-state index contributed by atoms with van der Waals surface area (Å²) in [5.74, 6) is 0. The molecule has 0 nitrogen and oxygen atoms in total. The molecule has 0 unspecified atom stereocenters. The zero-order valence-corrected chi connectivity index (χ0v) is 10.9. The van der Waals surface area contributed by atoms with Crippen LogP contribution in [0.25, 0.3) is 0 Å². The van der Waals surface area contributed by atoms with Crippen molar-refractivity contribution in [1.29, 1.82) is 0 Å². The third kappa shape index (κ3) is 6.89. The summed E-state index contributed by atoms with van der Waals surface area (Å²) >= 11 is 6.36. The molecule has 0 N–H and O–H groups in total. The van der Waals surface area contributed by atoms with Gasteiger partial charge in [0.05, 0.1) is 0 Å². The molecule has 0 aromatic heterocycles. The van der Waals surface area contributed by atoms with E-state index in [1.165, 1.54) is 38.5 Å². The fourth-order valence-corrected chi connectivity index (χ4v) is 2.19. The maximum atomic E-state index is 6.36. The first-order valence-electron chi connectivity index (χ1n) is 4.81. The number of halogens is 1. The standard InChI is InChI=1S/C9H21ClSi/c1-3-5-7-9(10,11)8-6-4-2/h3-8H2,1-2,11H3. The Morgan fingerprint density at radius 1 is 1.09 bits per heavy atom. The van der Waals surface area contributed by atoms with Crippen molar-refractivity contribution < 1.29 is 0 Å². The average Bonchev–Trinajstić information content (AvgIpc) is 1.97. The van der Waals surface area contributed by atoms with Crippen LogP contribution in [0.1, 0.15) is 52.4 Å². The van der Waals surface area contributed by atoms with Gasteiger partial charge in [0.2, 0.25) is 0 Å². The topological polar surface area (TPSA) is 0 Å². The van der Waals surface area contributed by atoms with Crippen molar-refractivity contribution in [2.75, 3.05) is 0 Å². The van der Waals surface area contributed by atoms with E-state index in [2.05, 4.69) is 13.8 Å². The van der Waals surface area contributed by atoms with Gasteiger partial charge in [0, 0.05) is 14.7 Å². The van der Waals surface area contributed by atoms with Crippen LogP contribution in [0.3, 0.4) is 0 Å². The second kappa shape index (κ2) is 6.07. The van der Waals surface area contributed by atoms with E-state index in [-0.39, 0.29) is 4.50 Å². The van der Waals surface area contributed by atoms with Crippen LogP contribution in [0.5, 0.6) is 0 Å². The van der Waals surface area contributed by atoms with Gasteiger partial charge in [-0.1, -0.05) is 39.5 Å².